The topological polar surface area (TPSA) is 43.4 Å². The van der Waals surface area contributed by atoms with Crippen LogP contribution in [0.3, 0.4) is 0 Å². The fraction of sp³-hybridized carbons (Fsp3) is 0.412. The molecule has 0 N–H and O–H groups in total. The fourth-order valence-electron chi connectivity index (χ4n) is 8.51. The zero-order chi connectivity index (χ0) is 27.6. The third-order valence-corrected chi connectivity index (χ3v) is 10.8. The molecule has 3 fully saturated rings. The Balaban J connectivity index is 1.32. The Morgan fingerprint density at radius 3 is 2.05 bits per heavy atom. The lowest BCUT2D eigenvalue weighted by Crippen LogP contribution is -2.59. The van der Waals surface area contributed by atoms with Gasteiger partial charge >= 0.3 is 0 Å². The summed E-state index contributed by atoms with van der Waals surface area (Å²) in [5, 5.41) is 0. The zero-order valence-electron chi connectivity index (χ0n) is 23.9. The van der Waals surface area contributed by atoms with Crippen LogP contribution < -0.4 is 15.3 Å². The van der Waals surface area contributed by atoms with Crippen molar-refractivity contribution in [2.45, 2.75) is 76.4 Å². The molecule has 0 aliphatic carbocycles. The number of para-hydroxylation sites is 2. The Bertz CT molecular complexity index is 1550. The first-order valence-corrected chi connectivity index (χ1v) is 15.2. The highest BCUT2D eigenvalue weighted by atomic mass is 16.6. The highest BCUT2D eigenvalue weighted by Crippen LogP contribution is 2.58. The first-order valence-electron chi connectivity index (χ1n) is 15.2. The third-order valence-electron chi connectivity index (χ3n) is 10.8. The van der Waals surface area contributed by atoms with E-state index in [0.29, 0.717) is 11.8 Å². The largest absolute Gasteiger partial charge is 0.472 e. The Hall–Kier alpha value is -3.26. The van der Waals surface area contributed by atoms with Gasteiger partial charge in [0.1, 0.15) is 18.4 Å². The molecule has 0 saturated carbocycles. The predicted molar refractivity (Wildman–Crippen MR) is 160 cm³/mol. The summed E-state index contributed by atoms with van der Waals surface area (Å²) < 4.78 is 27.7. The number of hydrogen-bond acceptors (Lipinski definition) is 6. The molecule has 6 heterocycles. The van der Waals surface area contributed by atoms with Gasteiger partial charge in [0.15, 0.2) is 5.88 Å². The van der Waals surface area contributed by atoms with Crippen molar-refractivity contribution < 1.29 is 18.9 Å². The van der Waals surface area contributed by atoms with Crippen LogP contribution in [-0.4, -0.2) is 49.6 Å². The van der Waals surface area contributed by atoms with Gasteiger partial charge in [-0.15, -0.1) is 0 Å². The van der Waals surface area contributed by atoms with Crippen LogP contribution in [0.15, 0.2) is 90.2 Å². The maximum Gasteiger partial charge on any atom is 0.231 e. The van der Waals surface area contributed by atoms with Gasteiger partial charge in [-0.3, -0.25) is 4.90 Å². The number of anilines is 4. The van der Waals surface area contributed by atoms with E-state index < -0.39 is 0 Å². The predicted octanol–water partition coefficient (Wildman–Crippen LogP) is 5.78. The Morgan fingerprint density at radius 1 is 0.634 bits per heavy atom. The molecule has 3 saturated heterocycles. The minimum Gasteiger partial charge on any atom is -0.472 e. The summed E-state index contributed by atoms with van der Waals surface area (Å²) in [6.45, 7) is 8.99. The molecular weight excluding hydrogens is 511 g/mol. The van der Waals surface area contributed by atoms with E-state index in [4.69, 9.17) is 18.9 Å². The van der Waals surface area contributed by atoms with Crippen LogP contribution in [0.5, 0.6) is 0 Å². The van der Waals surface area contributed by atoms with Crippen molar-refractivity contribution >= 4 is 34.9 Å². The van der Waals surface area contributed by atoms with Crippen LogP contribution in [0.25, 0.3) is 0 Å². The molecule has 10 atom stereocenters. The van der Waals surface area contributed by atoms with E-state index in [-0.39, 0.29) is 55.4 Å². The summed E-state index contributed by atoms with van der Waals surface area (Å²) in [5.41, 5.74) is 7.18. The van der Waals surface area contributed by atoms with Crippen molar-refractivity contribution in [2.75, 3.05) is 9.80 Å². The summed E-state index contributed by atoms with van der Waals surface area (Å²) in [6, 6.07) is 28.0. The van der Waals surface area contributed by atoms with Gasteiger partial charge in [-0.05, 0) is 61.2 Å². The Kier molecular flexibility index (Phi) is 5.13. The number of hydrogen-bond donors (Lipinski definition) is 0. The second kappa shape index (κ2) is 8.63. The standard InChI is InChI=1S/C34H35BN2O4/c1-18-20(3)38-31-27-33(40-29(18)31)36(22-12-7-5-8-13-22)24-16-11-17-25-26(24)35(27)28-32-30(19(2)21(4)39-32)41-34(28)37(25)23-14-9-6-10-15-23/h5-21,27,29-33H,1-4H3/t18?,19?,20?,21-,27?,29?,30?,31?,32?,33-/m0/s1. The molecule has 6 aliphatic rings. The van der Waals surface area contributed by atoms with E-state index >= 15 is 0 Å². The molecule has 3 aromatic carbocycles. The van der Waals surface area contributed by atoms with Crippen LogP contribution in [-0.2, 0) is 18.9 Å². The maximum atomic E-state index is 7.09. The van der Waals surface area contributed by atoms with Crippen LogP contribution in [0.4, 0.5) is 22.7 Å². The van der Waals surface area contributed by atoms with Gasteiger partial charge in [0.2, 0.25) is 6.71 Å². The van der Waals surface area contributed by atoms with Crippen molar-refractivity contribution in [3.8, 4) is 0 Å². The van der Waals surface area contributed by atoms with E-state index in [1.807, 2.05) is 0 Å². The molecule has 6 aliphatic heterocycles. The van der Waals surface area contributed by atoms with Gasteiger partial charge in [-0.25, -0.2) is 0 Å². The van der Waals surface area contributed by atoms with Crippen molar-refractivity contribution in [1.82, 2.24) is 0 Å². The molecule has 41 heavy (non-hydrogen) atoms. The number of benzene rings is 3. The van der Waals surface area contributed by atoms with Gasteiger partial charge in [0.05, 0.1) is 24.4 Å². The molecule has 6 nitrogen and oxygen atoms in total. The van der Waals surface area contributed by atoms with E-state index in [1.165, 1.54) is 22.3 Å². The van der Waals surface area contributed by atoms with Crippen molar-refractivity contribution in [1.29, 1.82) is 0 Å². The van der Waals surface area contributed by atoms with Gasteiger partial charge in [-0.2, -0.15) is 0 Å². The smallest absolute Gasteiger partial charge is 0.231 e. The Morgan fingerprint density at radius 2 is 1.29 bits per heavy atom. The zero-order valence-corrected chi connectivity index (χ0v) is 23.9. The van der Waals surface area contributed by atoms with Crippen molar-refractivity contribution in [2.24, 2.45) is 11.8 Å². The molecule has 0 bridgehead atoms. The van der Waals surface area contributed by atoms with Crippen molar-refractivity contribution in [3.05, 3.63) is 90.2 Å². The highest BCUT2D eigenvalue weighted by molar-refractivity contribution is 6.85. The van der Waals surface area contributed by atoms with Gasteiger partial charge in [0, 0.05) is 40.4 Å². The first kappa shape index (κ1) is 24.4. The summed E-state index contributed by atoms with van der Waals surface area (Å²) in [4.78, 5) is 4.77. The van der Waals surface area contributed by atoms with Gasteiger partial charge < -0.3 is 23.8 Å². The van der Waals surface area contributed by atoms with E-state index in [2.05, 4.69) is 116 Å². The number of nitrogens with zero attached hydrogens (tertiary/aromatic N) is 2. The van der Waals surface area contributed by atoms with E-state index in [1.54, 1.807) is 0 Å². The average Bonchev–Trinajstić information content (AvgIpc) is 3.70. The van der Waals surface area contributed by atoms with Crippen LogP contribution in [0, 0.1) is 11.8 Å². The lowest BCUT2D eigenvalue weighted by molar-refractivity contribution is 0.0238. The lowest BCUT2D eigenvalue weighted by Gasteiger charge is -2.48. The van der Waals surface area contributed by atoms with E-state index in [9.17, 15) is 0 Å². The molecule has 0 aromatic heterocycles. The number of fused-ring (bicyclic) bond motifs is 7. The summed E-state index contributed by atoms with van der Waals surface area (Å²) in [5.74, 6) is 1.65. The maximum absolute atomic E-state index is 7.09. The molecule has 0 radical (unpaired) electrons. The van der Waals surface area contributed by atoms with Crippen LogP contribution >= 0.6 is 0 Å². The van der Waals surface area contributed by atoms with E-state index in [0.717, 1.165) is 17.3 Å². The SMILES string of the molecule is CC1OC2C(O[C@H]3C2B2C4=C(OC5C4O[C@@H](C)C5C)N(c4ccccc4)c4cccc(c42)N3c2ccccc2)C1C. The Labute approximate surface area is 241 Å². The molecule has 208 valence electrons. The fourth-order valence-corrected chi connectivity index (χ4v) is 8.51. The second-order valence-electron chi connectivity index (χ2n) is 12.8. The molecule has 0 amide bonds. The molecule has 8 unspecified atom stereocenters. The monoisotopic (exact) mass is 546 g/mol. The quantitative estimate of drug-likeness (QED) is 0.380. The van der Waals surface area contributed by atoms with Gasteiger partial charge in [0.25, 0.3) is 0 Å². The second-order valence-corrected chi connectivity index (χ2v) is 12.8. The summed E-state index contributed by atoms with van der Waals surface area (Å²) in [7, 11) is 0. The minimum absolute atomic E-state index is 0.00487. The molecular formula is C34H35BN2O4. The molecule has 9 rings (SSSR count). The highest BCUT2D eigenvalue weighted by Gasteiger charge is 2.66. The summed E-state index contributed by atoms with van der Waals surface area (Å²) in [6.07, 6.45) is 0.0758. The normalized spacial score (nSPS) is 37.9. The van der Waals surface area contributed by atoms with Gasteiger partial charge in [-0.1, -0.05) is 56.3 Å². The molecule has 7 heteroatoms. The minimum atomic E-state index is -0.151. The van der Waals surface area contributed by atoms with Crippen LogP contribution in [0.2, 0.25) is 5.82 Å². The van der Waals surface area contributed by atoms with Crippen molar-refractivity contribution in [3.63, 3.8) is 0 Å². The summed E-state index contributed by atoms with van der Waals surface area (Å²) >= 11 is 0. The molecule has 0 spiro atoms. The first-order chi connectivity index (χ1) is 20.0. The lowest BCUT2D eigenvalue weighted by atomic mass is 9.28. The average molecular weight is 546 g/mol. The number of ether oxygens (including phenoxy) is 4. The molecule has 3 aromatic rings. The third kappa shape index (κ3) is 3.15. The van der Waals surface area contributed by atoms with Crippen LogP contribution in [0.1, 0.15) is 27.7 Å². The number of rotatable bonds is 2.